The molecule has 0 saturated heterocycles. The van der Waals surface area contributed by atoms with Gasteiger partial charge in [0, 0.05) is 19.3 Å². The molecule has 0 aliphatic heterocycles. The maximum Gasteiger partial charge on any atom is 0.168 e. The SMILES string of the molecule is COC1(c2ccnc(C=O)c2)/C(=C\NC2CCC2C)CCCC1C. The summed E-state index contributed by atoms with van der Waals surface area (Å²) >= 11 is 0. The zero-order chi connectivity index (χ0) is 17.2. The third kappa shape index (κ3) is 2.88. The summed E-state index contributed by atoms with van der Waals surface area (Å²) in [6, 6.07) is 4.43. The van der Waals surface area contributed by atoms with Crippen molar-refractivity contribution < 1.29 is 9.53 Å². The van der Waals surface area contributed by atoms with Crippen molar-refractivity contribution in [2.24, 2.45) is 11.8 Å². The lowest BCUT2D eigenvalue weighted by Crippen LogP contribution is -2.44. The first-order valence-electron chi connectivity index (χ1n) is 9.04. The van der Waals surface area contributed by atoms with Gasteiger partial charge in [0.2, 0.25) is 0 Å². The number of hydrogen-bond donors (Lipinski definition) is 1. The third-order valence-corrected chi connectivity index (χ3v) is 6.00. The number of hydrogen-bond acceptors (Lipinski definition) is 4. The Morgan fingerprint density at radius 3 is 2.79 bits per heavy atom. The van der Waals surface area contributed by atoms with Gasteiger partial charge in [-0.05, 0) is 73.4 Å². The minimum Gasteiger partial charge on any atom is -0.388 e. The number of methoxy groups -OCH3 is 1. The van der Waals surface area contributed by atoms with Crippen LogP contribution in [0.15, 0.2) is 30.1 Å². The molecule has 4 atom stereocenters. The van der Waals surface area contributed by atoms with E-state index in [4.69, 9.17) is 4.74 Å². The van der Waals surface area contributed by atoms with Crippen LogP contribution in [-0.2, 0) is 10.3 Å². The zero-order valence-electron chi connectivity index (χ0n) is 14.9. The predicted octanol–water partition coefficient (Wildman–Crippen LogP) is 3.83. The van der Waals surface area contributed by atoms with Crippen molar-refractivity contribution >= 4 is 6.29 Å². The van der Waals surface area contributed by atoms with Crippen LogP contribution in [0.25, 0.3) is 0 Å². The van der Waals surface area contributed by atoms with Crippen LogP contribution in [0, 0.1) is 11.8 Å². The monoisotopic (exact) mass is 328 g/mol. The molecule has 24 heavy (non-hydrogen) atoms. The van der Waals surface area contributed by atoms with Gasteiger partial charge in [-0.1, -0.05) is 13.8 Å². The highest BCUT2D eigenvalue weighted by molar-refractivity contribution is 5.72. The Labute approximate surface area is 144 Å². The van der Waals surface area contributed by atoms with E-state index in [1.807, 2.05) is 12.1 Å². The molecule has 1 N–H and O–H groups in total. The lowest BCUT2D eigenvalue weighted by molar-refractivity contribution is -0.0436. The first kappa shape index (κ1) is 17.2. The molecule has 0 radical (unpaired) electrons. The van der Waals surface area contributed by atoms with Crippen LogP contribution in [0.5, 0.6) is 0 Å². The van der Waals surface area contributed by atoms with Crippen molar-refractivity contribution in [3.05, 3.63) is 41.4 Å². The molecule has 1 aromatic heterocycles. The van der Waals surface area contributed by atoms with E-state index in [1.165, 1.54) is 24.8 Å². The fraction of sp³-hybridized carbons (Fsp3) is 0.600. The Bertz CT molecular complexity index is 628. The average molecular weight is 328 g/mol. The second kappa shape index (κ2) is 7.06. The highest BCUT2D eigenvalue weighted by atomic mass is 16.5. The number of carbonyl (C=O) groups excluding carboxylic acids is 1. The Balaban J connectivity index is 1.98. The number of rotatable bonds is 5. The van der Waals surface area contributed by atoms with Crippen LogP contribution in [0.3, 0.4) is 0 Å². The second-order valence-electron chi connectivity index (χ2n) is 7.32. The second-order valence-corrected chi connectivity index (χ2v) is 7.32. The van der Waals surface area contributed by atoms with E-state index in [0.29, 0.717) is 17.7 Å². The number of carbonyl (C=O) groups is 1. The van der Waals surface area contributed by atoms with Gasteiger partial charge in [-0.15, -0.1) is 0 Å². The van der Waals surface area contributed by atoms with Crippen molar-refractivity contribution in [1.29, 1.82) is 0 Å². The van der Waals surface area contributed by atoms with Gasteiger partial charge < -0.3 is 10.1 Å². The minimum atomic E-state index is -0.473. The van der Waals surface area contributed by atoms with Crippen LogP contribution in [0.4, 0.5) is 0 Å². The van der Waals surface area contributed by atoms with Gasteiger partial charge in [0.15, 0.2) is 6.29 Å². The fourth-order valence-electron chi connectivity index (χ4n) is 4.27. The largest absolute Gasteiger partial charge is 0.388 e. The third-order valence-electron chi connectivity index (χ3n) is 6.00. The van der Waals surface area contributed by atoms with Crippen LogP contribution in [0.1, 0.15) is 62.0 Å². The quantitative estimate of drug-likeness (QED) is 0.835. The molecular formula is C20H28N2O2. The molecule has 2 saturated carbocycles. The molecule has 0 spiro atoms. The summed E-state index contributed by atoms with van der Waals surface area (Å²) in [6.45, 7) is 4.54. The maximum absolute atomic E-state index is 11.2. The average Bonchev–Trinajstić information content (AvgIpc) is 2.61. The lowest BCUT2D eigenvalue weighted by atomic mass is 9.69. The summed E-state index contributed by atoms with van der Waals surface area (Å²) < 4.78 is 6.15. The van der Waals surface area contributed by atoms with Crippen molar-refractivity contribution in [2.45, 2.75) is 57.6 Å². The number of nitrogens with one attached hydrogen (secondary N) is 1. The van der Waals surface area contributed by atoms with E-state index in [-0.39, 0.29) is 0 Å². The van der Waals surface area contributed by atoms with Gasteiger partial charge in [0.1, 0.15) is 11.3 Å². The number of aldehydes is 1. The highest BCUT2D eigenvalue weighted by Gasteiger charge is 2.44. The van der Waals surface area contributed by atoms with Crippen molar-refractivity contribution in [3.8, 4) is 0 Å². The van der Waals surface area contributed by atoms with E-state index in [9.17, 15) is 4.79 Å². The summed E-state index contributed by atoms with van der Waals surface area (Å²) in [5, 5.41) is 3.62. The highest BCUT2D eigenvalue weighted by Crippen LogP contribution is 2.47. The topological polar surface area (TPSA) is 51.2 Å². The Morgan fingerprint density at radius 1 is 1.33 bits per heavy atom. The molecule has 2 aliphatic rings. The molecule has 0 aromatic carbocycles. The summed E-state index contributed by atoms with van der Waals surface area (Å²) in [4.78, 5) is 15.3. The minimum absolute atomic E-state index is 0.352. The van der Waals surface area contributed by atoms with Gasteiger partial charge in [0.05, 0.1) is 0 Å². The van der Waals surface area contributed by atoms with Gasteiger partial charge >= 0.3 is 0 Å². The Morgan fingerprint density at radius 2 is 2.17 bits per heavy atom. The van der Waals surface area contributed by atoms with E-state index in [2.05, 4.69) is 30.3 Å². The molecule has 4 unspecified atom stereocenters. The van der Waals surface area contributed by atoms with Gasteiger partial charge in [-0.3, -0.25) is 9.78 Å². The van der Waals surface area contributed by atoms with Crippen molar-refractivity contribution in [2.75, 3.05) is 7.11 Å². The van der Waals surface area contributed by atoms with Crippen LogP contribution < -0.4 is 5.32 Å². The van der Waals surface area contributed by atoms with E-state index >= 15 is 0 Å². The smallest absolute Gasteiger partial charge is 0.168 e. The molecule has 1 aromatic rings. The normalized spacial score (nSPS) is 34.6. The molecule has 2 aliphatic carbocycles. The van der Waals surface area contributed by atoms with Crippen LogP contribution in [-0.4, -0.2) is 24.4 Å². The molecule has 1 heterocycles. The summed E-state index contributed by atoms with van der Waals surface area (Å²) in [7, 11) is 1.78. The van der Waals surface area contributed by atoms with E-state index in [1.54, 1.807) is 13.3 Å². The molecule has 4 heteroatoms. The number of nitrogens with zero attached hydrogens (tertiary/aromatic N) is 1. The van der Waals surface area contributed by atoms with E-state index < -0.39 is 5.60 Å². The molecule has 3 rings (SSSR count). The van der Waals surface area contributed by atoms with Gasteiger partial charge in [-0.25, -0.2) is 0 Å². The summed E-state index contributed by atoms with van der Waals surface area (Å²) in [5.41, 5.74) is 2.30. The predicted molar refractivity (Wildman–Crippen MR) is 94.7 cm³/mol. The Kier molecular flexibility index (Phi) is 5.04. The standard InChI is InChI=1S/C20H28N2O2/c1-14-7-8-19(14)22-12-17-6-4-5-15(2)20(17,24-3)16-9-10-21-18(11-16)13-23/h9-15,19,22H,4-8H2,1-3H3/b17-12-. The molecule has 0 amide bonds. The number of ether oxygens (including phenoxy) is 1. The van der Waals surface area contributed by atoms with Gasteiger partial charge in [0.25, 0.3) is 0 Å². The van der Waals surface area contributed by atoms with Gasteiger partial charge in [-0.2, -0.15) is 0 Å². The molecule has 2 fully saturated rings. The molecule has 4 nitrogen and oxygen atoms in total. The number of aromatic nitrogens is 1. The first-order chi connectivity index (χ1) is 11.6. The molecular weight excluding hydrogens is 300 g/mol. The van der Waals surface area contributed by atoms with Crippen molar-refractivity contribution in [1.82, 2.24) is 10.3 Å². The van der Waals surface area contributed by atoms with E-state index in [0.717, 1.165) is 30.6 Å². The lowest BCUT2D eigenvalue weighted by Gasteiger charge is -2.45. The van der Waals surface area contributed by atoms with Crippen LogP contribution >= 0.6 is 0 Å². The Hall–Kier alpha value is -1.68. The van der Waals surface area contributed by atoms with Crippen LogP contribution in [0.2, 0.25) is 0 Å². The van der Waals surface area contributed by atoms with Crippen molar-refractivity contribution in [3.63, 3.8) is 0 Å². The fourth-order valence-corrected chi connectivity index (χ4v) is 4.27. The summed E-state index contributed by atoms with van der Waals surface area (Å²) in [6.07, 6.45) is 10.6. The molecule has 0 bridgehead atoms. The maximum atomic E-state index is 11.2. The first-order valence-corrected chi connectivity index (χ1v) is 9.04. The molecule has 130 valence electrons. The zero-order valence-corrected chi connectivity index (χ0v) is 14.9. The number of pyridine rings is 1. The summed E-state index contributed by atoms with van der Waals surface area (Å²) in [5.74, 6) is 1.09.